The van der Waals surface area contributed by atoms with Gasteiger partial charge in [-0.3, -0.25) is 0 Å². The summed E-state index contributed by atoms with van der Waals surface area (Å²) in [5.41, 5.74) is 9.17. The van der Waals surface area contributed by atoms with E-state index < -0.39 is 5.97 Å². The molecule has 0 unspecified atom stereocenters. The first-order valence-electron chi connectivity index (χ1n) is 5.82. The molecule has 98 valence electrons. The van der Waals surface area contributed by atoms with Gasteiger partial charge in [-0.2, -0.15) is 0 Å². The van der Waals surface area contributed by atoms with E-state index in [1.807, 2.05) is 32.0 Å². The Bertz CT molecular complexity index is 618. The number of nitrogens with zero attached hydrogens (tertiary/aromatic N) is 1. The van der Waals surface area contributed by atoms with E-state index in [9.17, 15) is 4.79 Å². The van der Waals surface area contributed by atoms with Crippen molar-refractivity contribution >= 4 is 23.2 Å². The number of nitrogens with two attached hydrogens (primary N) is 1. The van der Waals surface area contributed by atoms with Gasteiger partial charge in [0.25, 0.3) is 0 Å². The number of pyridine rings is 1. The molecule has 1 aromatic heterocycles. The van der Waals surface area contributed by atoms with Gasteiger partial charge in [0.15, 0.2) is 11.5 Å². The summed E-state index contributed by atoms with van der Waals surface area (Å²) in [5, 5.41) is 12.0. The minimum Gasteiger partial charge on any atom is -0.477 e. The number of rotatable bonds is 3. The van der Waals surface area contributed by atoms with Gasteiger partial charge in [-0.05, 0) is 37.1 Å². The number of aromatic carboxylic acids is 1. The number of aromatic nitrogens is 1. The number of hydrogen-bond donors (Lipinski definition) is 3. The van der Waals surface area contributed by atoms with Crippen molar-refractivity contribution in [2.45, 2.75) is 13.8 Å². The standard InChI is InChI=1S/C14H15N3O2/c1-8-4-3-5-9(2)12(8)17-13-10(15)6-7-11(16-13)14(18)19/h3-7H,15H2,1-2H3,(H,16,17)(H,18,19). The maximum absolute atomic E-state index is 10.9. The van der Waals surface area contributed by atoms with Gasteiger partial charge in [-0.15, -0.1) is 0 Å². The second kappa shape index (κ2) is 4.97. The minimum absolute atomic E-state index is 0.0389. The molecule has 0 bridgehead atoms. The van der Waals surface area contributed by atoms with E-state index in [1.54, 1.807) is 0 Å². The van der Waals surface area contributed by atoms with Crippen LogP contribution in [0.15, 0.2) is 30.3 Å². The van der Waals surface area contributed by atoms with Crippen LogP contribution < -0.4 is 11.1 Å². The maximum Gasteiger partial charge on any atom is 0.354 e. The zero-order valence-electron chi connectivity index (χ0n) is 10.8. The number of para-hydroxylation sites is 1. The van der Waals surface area contributed by atoms with E-state index in [-0.39, 0.29) is 5.69 Å². The van der Waals surface area contributed by atoms with Crippen molar-refractivity contribution in [1.29, 1.82) is 0 Å². The molecule has 0 saturated heterocycles. The molecule has 5 heteroatoms. The van der Waals surface area contributed by atoms with E-state index >= 15 is 0 Å². The SMILES string of the molecule is Cc1cccc(C)c1Nc1nc(C(=O)O)ccc1N. The average Bonchev–Trinajstić information content (AvgIpc) is 2.35. The molecule has 1 heterocycles. The summed E-state index contributed by atoms with van der Waals surface area (Å²) in [6, 6.07) is 8.80. The van der Waals surface area contributed by atoms with Crippen LogP contribution in [0.2, 0.25) is 0 Å². The highest BCUT2D eigenvalue weighted by molar-refractivity contribution is 5.87. The van der Waals surface area contributed by atoms with Crippen LogP contribution in [0.25, 0.3) is 0 Å². The van der Waals surface area contributed by atoms with Crippen molar-refractivity contribution < 1.29 is 9.90 Å². The fourth-order valence-electron chi connectivity index (χ4n) is 1.82. The highest BCUT2D eigenvalue weighted by Gasteiger charge is 2.10. The largest absolute Gasteiger partial charge is 0.477 e. The topological polar surface area (TPSA) is 88.2 Å². The van der Waals surface area contributed by atoms with Crippen LogP contribution in [-0.4, -0.2) is 16.1 Å². The third kappa shape index (κ3) is 2.65. The molecule has 0 radical (unpaired) electrons. The molecule has 0 fully saturated rings. The van der Waals surface area contributed by atoms with Gasteiger partial charge in [0.1, 0.15) is 0 Å². The predicted octanol–water partition coefficient (Wildman–Crippen LogP) is 2.72. The van der Waals surface area contributed by atoms with Crippen LogP contribution in [0.1, 0.15) is 21.6 Å². The summed E-state index contributed by atoms with van der Waals surface area (Å²) in [7, 11) is 0. The van der Waals surface area contributed by atoms with E-state index in [0.717, 1.165) is 16.8 Å². The van der Waals surface area contributed by atoms with Crippen LogP contribution in [-0.2, 0) is 0 Å². The quantitative estimate of drug-likeness (QED) is 0.786. The van der Waals surface area contributed by atoms with Gasteiger partial charge in [0, 0.05) is 5.69 Å². The summed E-state index contributed by atoms with van der Waals surface area (Å²) < 4.78 is 0. The molecule has 0 atom stereocenters. The first kappa shape index (κ1) is 12.9. The lowest BCUT2D eigenvalue weighted by Gasteiger charge is -2.13. The molecule has 0 aliphatic carbocycles. The number of carboxylic acids is 1. The van der Waals surface area contributed by atoms with Crippen molar-refractivity contribution in [2.75, 3.05) is 11.1 Å². The number of anilines is 3. The molecule has 2 rings (SSSR count). The Morgan fingerprint density at radius 2 is 1.84 bits per heavy atom. The lowest BCUT2D eigenvalue weighted by atomic mass is 10.1. The van der Waals surface area contributed by atoms with Gasteiger partial charge >= 0.3 is 5.97 Å². The Balaban J connectivity index is 2.43. The molecule has 19 heavy (non-hydrogen) atoms. The zero-order valence-corrected chi connectivity index (χ0v) is 10.8. The normalized spacial score (nSPS) is 10.2. The van der Waals surface area contributed by atoms with Crippen LogP contribution in [0.4, 0.5) is 17.2 Å². The molecule has 4 N–H and O–H groups in total. The molecule has 1 aromatic carbocycles. The molecule has 0 aliphatic rings. The molecule has 5 nitrogen and oxygen atoms in total. The molecule has 2 aromatic rings. The number of carboxylic acid groups (broad SMARTS) is 1. The Morgan fingerprint density at radius 1 is 1.21 bits per heavy atom. The minimum atomic E-state index is -1.08. The van der Waals surface area contributed by atoms with Crippen molar-refractivity contribution in [3.8, 4) is 0 Å². The molecular weight excluding hydrogens is 242 g/mol. The van der Waals surface area contributed by atoms with Gasteiger partial charge in [0.2, 0.25) is 0 Å². The number of nitrogens with one attached hydrogen (secondary N) is 1. The van der Waals surface area contributed by atoms with Crippen LogP contribution in [0.5, 0.6) is 0 Å². The molecule has 0 saturated carbocycles. The van der Waals surface area contributed by atoms with E-state index in [2.05, 4.69) is 10.3 Å². The number of nitrogen functional groups attached to an aromatic ring is 1. The van der Waals surface area contributed by atoms with Gasteiger partial charge in [-0.25, -0.2) is 9.78 Å². The predicted molar refractivity (Wildman–Crippen MR) is 74.8 cm³/mol. The summed E-state index contributed by atoms with van der Waals surface area (Å²) in [5.74, 6) is -0.721. The maximum atomic E-state index is 10.9. The highest BCUT2D eigenvalue weighted by Crippen LogP contribution is 2.26. The second-order valence-corrected chi connectivity index (χ2v) is 4.33. The smallest absolute Gasteiger partial charge is 0.354 e. The van der Waals surface area contributed by atoms with Gasteiger partial charge in [-0.1, -0.05) is 18.2 Å². The first-order valence-corrected chi connectivity index (χ1v) is 5.82. The molecule has 0 spiro atoms. The highest BCUT2D eigenvalue weighted by atomic mass is 16.4. The van der Waals surface area contributed by atoms with Crippen LogP contribution in [0, 0.1) is 13.8 Å². The lowest BCUT2D eigenvalue weighted by Crippen LogP contribution is -2.07. The summed E-state index contributed by atoms with van der Waals surface area (Å²) in [4.78, 5) is 14.9. The van der Waals surface area contributed by atoms with Crippen molar-refractivity contribution in [2.24, 2.45) is 0 Å². The first-order chi connectivity index (χ1) is 8.99. The summed E-state index contributed by atoms with van der Waals surface area (Å²) in [6.07, 6.45) is 0. The summed E-state index contributed by atoms with van der Waals surface area (Å²) >= 11 is 0. The van der Waals surface area contributed by atoms with E-state index in [1.165, 1.54) is 12.1 Å². The molecule has 0 aliphatic heterocycles. The monoisotopic (exact) mass is 257 g/mol. The average molecular weight is 257 g/mol. The van der Waals surface area contributed by atoms with Crippen molar-refractivity contribution in [3.63, 3.8) is 0 Å². The van der Waals surface area contributed by atoms with Gasteiger partial charge in [0.05, 0.1) is 5.69 Å². The fourth-order valence-corrected chi connectivity index (χ4v) is 1.82. The Hall–Kier alpha value is -2.56. The van der Waals surface area contributed by atoms with Crippen molar-refractivity contribution in [3.05, 3.63) is 47.2 Å². The lowest BCUT2D eigenvalue weighted by molar-refractivity contribution is 0.0690. The van der Waals surface area contributed by atoms with Crippen molar-refractivity contribution in [1.82, 2.24) is 4.98 Å². The Morgan fingerprint density at radius 3 is 2.42 bits per heavy atom. The third-order valence-electron chi connectivity index (χ3n) is 2.87. The molecular formula is C14H15N3O2. The fraction of sp³-hybridized carbons (Fsp3) is 0.143. The van der Waals surface area contributed by atoms with E-state index in [0.29, 0.717) is 11.5 Å². The zero-order chi connectivity index (χ0) is 14.0. The van der Waals surface area contributed by atoms with Gasteiger partial charge < -0.3 is 16.2 Å². The number of carbonyl (C=O) groups is 1. The van der Waals surface area contributed by atoms with E-state index in [4.69, 9.17) is 10.8 Å². The number of aryl methyl sites for hydroxylation is 2. The Labute approximate surface area is 111 Å². The summed E-state index contributed by atoms with van der Waals surface area (Å²) in [6.45, 7) is 3.93. The second-order valence-electron chi connectivity index (χ2n) is 4.33. The van der Waals surface area contributed by atoms with Crippen LogP contribution >= 0.6 is 0 Å². The Kier molecular flexibility index (Phi) is 3.37. The van der Waals surface area contributed by atoms with Crippen LogP contribution in [0.3, 0.4) is 0 Å². The number of benzene rings is 1. The number of hydrogen-bond acceptors (Lipinski definition) is 4. The molecule has 0 amide bonds. The third-order valence-corrected chi connectivity index (χ3v) is 2.87.